The standard InChI is InChI=1S/C99H116N12O19/c1-15-125-92(112)80(61-100)55-74-21-33-84(34-22-74)106(9)45-50-118-65-98(66-119-51-46-107(10)85-35-23-75(24-36-85)56-81(62-101)93(113)126-16-2,67-120-52-47-110(13)88-41-29-78(30-42-88)59-90(104-7)96(116)129-19-5)70-123-71-99(72-124-73-111(14)89-43-31-79(32-44-89)60-91(105-8)97(117)130-20-6,68-121-53-48-108(11)86-37-25-76(26-38-86)57-82(63-102)94(114)127-17-3)69-122-54-49-109(12)87-39-27-77(28-40-87)58-83(64-103)95(115)128-18-4/h21-44,55-60H,15-20,45-54,65-73H2,1-6,9-14H3/b80-55+,81-56+,82-57+,83-58+,90-59-,91-60-. The molecule has 686 valence electrons. The summed E-state index contributed by atoms with van der Waals surface area (Å²) < 4.78 is 78.7. The molecule has 0 radical (unpaired) electrons. The number of nitrogens with zero attached hydrogens (tertiary/aromatic N) is 12. The Bertz CT molecular complexity index is 4760. The lowest BCUT2D eigenvalue weighted by Gasteiger charge is -2.37. The van der Waals surface area contributed by atoms with Crippen LogP contribution in [0, 0.1) is 69.3 Å². The summed E-state index contributed by atoms with van der Waals surface area (Å²) in [6, 6.07) is 51.6. The van der Waals surface area contributed by atoms with Crippen LogP contribution in [0.5, 0.6) is 0 Å². The van der Waals surface area contributed by atoms with Crippen LogP contribution in [-0.2, 0) is 90.3 Å². The maximum Gasteiger partial charge on any atom is 0.348 e. The third kappa shape index (κ3) is 35.3. The van der Waals surface area contributed by atoms with E-state index in [1.165, 1.54) is 36.5 Å². The van der Waals surface area contributed by atoms with Gasteiger partial charge in [0, 0.05) is 109 Å². The van der Waals surface area contributed by atoms with Crippen LogP contribution in [0.1, 0.15) is 74.9 Å². The Kier molecular flexibility index (Phi) is 45.9. The normalized spacial score (nSPS) is 11.9. The van der Waals surface area contributed by atoms with E-state index in [0.717, 1.165) is 34.1 Å². The Hall–Kier alpha value is -14.0. The highest BCUT2D eigenvalue weighted by atomic mass is 16.6. The van der Waals surface area contributed by atoms with E-state index in [9.17, 15) is 49.8 Å². The minimum atomic E-state index is -1.11. The highest BCUT2D eigenvalue weighted by molar-refractivity contribution is 6.00. The van der Waals surface area contributed by atoms with Gasteiger partial charge in [-0.3, -0.25) is 9.59 Å². The van der Waals surface area contributed by atoms with Crippen LogP contribution in [0.15, 0.2) is 179 Å². The van der Waals surface area contributed by atoms with Gasteiger partial charge in [0.1, 0.15) is 53.3 Å². The third-order valence-electron chi connectivity index (χ3n) is 19.9. The molecule has 0 amide bonds. The number of carbonyl (C=O) groups excluding carboxylic acids is 6. The molecule has 0 aromatic heterocycles. The first-order valence-corrected chi connectivity index (χ1v) is 42.4. The zero-order chi connectivity index (χ0) is 94.6. The molecule has 0 N–H and O–H groups in total. The molecule has 0 saturated heterocycles. The molecule has 6 aromatic carbocycles. The summed E-state index contributed by atoms with van der Waals surface area (Å²) >= 11 is 0. The molecule has 0 aliphatic heterocycles. The molecule has 0 fully saturated rings. The number of hydrogen-bond donors (Lipinski definition) is 0. The summed E-state index contributed by atoms with van der Waals surface area (Å²) in [5.74, 6) is -4.33. The van der Waals surface area contributed by atoms with Gasteiger partial charge in [-0.2, -0.15) is 21.0 Å². The summed E-state index contributed by atoms with van der Waals surface area (Å²) in [5.41, 5.74) is 5.41. The van der Waals surface area contributed by atoms with Crippen molar-refractivity contribution in [1.82, 2.24) is 0 Å². The van der Waals surface area contributed by atoms with Crippen molar-refractivity contribution in [1.29, 1.82) is 21.0 Å². The van der Waals surface area contributed by atoms with Crippen molar-refractivity contribution in [3.63, 3.8) is 0 Å². The summed E-state index contributed by atoms with van der Waals surface area (Å²) in [5, 5.41) is 39.1. The number of rotatable bonds is 57. The fourth-order valence-corrected chi connectivity index (χ4v) is 12.6. The second kappa shape index (κ2) is 57.0. The SMILES string of the molecule is [C-]#[N+]/C(=C\c1ccc(N(C)CCOCC(COCCN(C)c2ccc(/C=C(\C#N)C(=O)OCC)cc2)(COCCN(C)c2ccc(/C=C(\C#N)C(=O)OCC)cc2)COCC(COCCN(C)c2ccc(/C=C(\C#N)C(=O)OCC)cc2)(COCCN(C)c2ccc(/C=C(\C#N)C(=O)OCC)cc2)COCN(C)c2ccc(/C=C(\[N+]#[C-])C(=O)OCC)cc2)cc1)C(=O)OCC. The molecule has 0 bridgehead atoms. The van der Waals surface area contributed by atoms with E-state index < -0.39 is 46.6 Å². The van der Waals surface area contributed by atoms with Crippen LogP contribution in [0.4, 0.5) is 34.1 Å². The summed E-state index contributed by atoms with van der Waals surface area (Å²) in [7, 11) is 11.4. The maximum atomic E-state index is 12.6. The van der Waals surface area contributed by atoms with Gasteiger partial charge in [-0.25, -0.2) is 28.9 Å². The van der Waals surface area contributed by atoms with Crippen molar-refractivity contribution in [3.05, 3.63) is 235 Å². The van der Waals surface area contributed by atoms with Gasteiger partial charge >= 0.3 is 35.8 Å². The van der Waals surface area contributed by atoms with Gasteiger partial charge in [0.2, 0.25) is 0 Å². The Morgan fingerprint density at radius 1 is 0.285 bits per heavy atom. The minimum Gasteiger partial charge on any atom is -0.471 e. The molecular weight excluding hydrogens is 1660 g/mol. The van der Waals surface area contributed by atoms with Crippen LogP contribution >= 0.6 is 0 Å². The Balaban J connectivity index is 1.43. The van der Waals surface area contributed by atoms with Gasteiger partial charge < -0.3 is 91.0 Å². The first kappa shape index (κ1) is 105. The highest BCUT2D eigenvalue weighted by Crippen LogP contribution is 2.30. The molecule has 0 atom stereocenters. The molecule has 31 nitrogen and oxygen atoms in total. The molecule has 130 heavy (non-hydrogen) atoms. The van der Waals surface area contributed by atoms with Gasteiger partial charge in [-0.05, 0) is 184 Å². The number of ether oxygens (including phenoxy) is 13. The summed E-state index contributed by atoms with van der Waals surface area (Å²) in [6.07, 6.45) is 8.81. The van der Waals surface area contributed by atoms with E-state index in [1.54, 1.807) is 114 Å². The fourth-order valence-electron chi connectivity index (χ4n) is 12.6. The van der Waals surface area contributed by atoms with Crippen molar-refractivity contribution in [3.8, 4) is 24.3 Å². The van der Waals surface area contributed by atoms with E-state index in [-0.39, 0.29) is 166 Å². The number of hydrogen-bond acceptors (Lipinski definition) is 29. The van der Waals surface area contributed by atoms with Gasteiger partial charge in [0.05, 0.1) is 150 Å². The van der Waals surface area contributed by atoms with Crippen LogP contribution in [-0.4, -0.2) is 243 Å². The Morgan fingerprint density at radius 3 is 0.669 bits per heavy atom. The molecule has 6 rings (SSSR count). The molecule has 0 unspecified atom stereocenters. The predicted octanol–water partition coefficient (Wildman–Crippen LogP) is 13.4. The number of likely N-dealkylation sites (N-methyl/N-ethyl adjacent to an activating group) is 5. The number of benzene rings is 6. The van der Waals surface area contributed by atoms with Crippen molar-refractivity contribution in [2.75, 3.05) is 237 Å². The second-order valence-electron chi connectivity index (χ2n) is 29.9. The average molecular weight is 1780 g/mol. The van der Waals surface area contributed by atoms with Crippen LogP contribution in [0.2, 0.25) is 0 Å². The van der Waals surface area contributed by atoms with E-state index in [0.29, 0.717) is 66.1 Å². The highest BCUT2D eigenvalue weighted by Gasteiger charge is 2.38. The molecular formula is C99H116N12O19. The zero-order valence-corrected chi connectivity index (χ0v) is 76.1. The fraction of sp³-hybridized carbons (Fsp3) is 0.394. The number of nitriles is 4. The lowest BCUT2D eigenvalue weighted by atomic mass is 9.90. The van der Waals surface area contributed by atoms with E-state index >= 15 is 0 Å². The van der Waals surface area contributed by atoms with E-state index in [4.69, 9.17) is 74.7 Å². The smallest absolute Gasteiger partial charge is 0.348 e. The van der Waals surface area contributed by atoms with Crippen molar-refractivity contribution < 1.29 is 90.3 Å². The van der Waals surface area contributed by atoms with Crippen molar-refractivity contribution in [2.24, 2.45) is 10.8 Å². The monoisotopic (exact) mass is 1780 g/mol. The van der Waals surface area contributed by atoms with Gasteiger partial charge in [0.25, 0.3) is 11.4 Å². The Morgan fingerprint density at radius 2 is 0.469 bits per heavy atom. The molecule has 0 saturated carbocycles. The lowest BCUT2D eigenvalue weighted by Crippen LogP contribution is -2.47. The van der Waals surface area contributed by atoms with Crippen LogP contribution < -0.4 is 29.4 Å². The topological polar surface area (TPSA) is 346 Å². The molecule has 0 heterocycles. The Labute approximate surface area is 762 Å². The number of esters is 6. The van der Waals surface area contributed by atoms with Crippen LogP contribution in [0.3, 0.4) is 0 Å². The average Bonchev–Trinajstić information content (AvgIpc) is 0.831. The molecule has 0 aliphatic rings. The molecule has 31 heteroatoms. The lowest BCUT2D eigenvalue weighted by molar-refractivity contribution is -0.141. The van der Waals surface area contributed by atoms with Crippen molar-refractivity contribution >= 4 is 106 Å². The molecule has 0 aliphatic carbocycles. The van der Waals surface area contributed by atoms with Crippen molar-refractivity contribution in [2.45, 2.75) is 41.5 Å². The van der Waals surface area contributed by atoms with E-state index in [2.05, 4.69) is 9.69 Å². The first-order valence-electron chi connectivity index (χ1n) is 42.4. The second-order valence-corrected chi connectivity index (χ2v) is 29.9. The maximum absolute atomic E-state index is 12.6. The molecule has 0 spiro atoms. The van der Waals surface area contributed by atoms with Gasteiger partial charge in [0.15, 0.2) is 0 Å². The van der Waals surface area contributed by atoms with Gasteiger partial charge in [-0.15, -0.1) is 0 Å². The minimum absolute atomic E-state index is 0.0101. The first-order chi connectivity index (χ1) is 62.8. The summed E-state index contributed by atoms with van der Waals surface area (Å²) in [6.45, 7) is 28.9. The number of carbonyl (C=O) groups is 6. The molecule has 6 aromatic rings. The largest absolute Gasteiger partial charge is 0.471 e. The van der Waals surface area contributed by atoms with E-state index in [1.807, 2.05) is 169 Å². The summed E-state index contributed by atoms with van der Waals surface area (Å²) in [4.78, 5) is 94.0. The quantitative estimate of drug-likeness (QED) is 0.00651. The third-order valence-corrected chi connectivity index (χ3v) is 19.9. The predicted molar refractivity (Wildman–Crippen MR) is 497 cm³/mol. The van der Waals surface area contributed by atoms with Crippen LogP contribution in [0.25, 0.3) is 46.1 Å². The zero-order valence-electron chi connectivity index (χ0n) is 76.1. The van der Waals surface area contributed by atoms with Gasteiger partial charge in [-0.1, -0.05) is 72.8 Å². The number of anilines is 6.